The first-order valence-electron chi connectivity index (χ1n) is 10.3. The Balaban J connectivity index is 0.000000569. The molecule has 0 aliphatic carbocycles. The third-order valence-electron chi connectivity index (χ3n) is 4.12. The first kappa shape index (κ1) is 25.4. The van der Waals surface area contributed by atoms with E-state index < -0.39 is 11.9 Å². The van der Waals surface area contributed by atoms with Crippen LogP contribution >= 0.6 is 0 Å². The van der Waals surface area contributed by atoms with E-state index in [2.05, 4.69) is 11.1 Å². The Morgan fingerprint density at radius 1 is 0.758 bits per heavy atom. The van der Waals surface area contributed by atoms with Gasteiger partial charge in [-0.1, -0.05) is 30.3 Å². The summed E-state index contributed by atoms with van der Waals surface area (Å²) in [7, 11) is 0. The molecule has 0 spiro atoms. The summed E-state index contributed by atoms with van der Waals surface area (Å²) < 4.78 is 22.7. The van der Waals surface area contributed by atoms with Gasteiger partial charge in [-0.3, -0.25) is 0 Å². The van der Waals surface area contributed by atoms with Crippen molar-refractivity contribution in [1.29, 1.82) is 0 Å². The third kappa shape index (κ3) is 8.66. The normalized spacial score (nSPS) is 10.1. The minimum Gasteiger partial charge on any atom is -0.490 e. The minimum atomic E-state index is -1.82. The Morgan fingerprint density at radius 3 is 1.94 bits per heavy atom. The lowest BCUT2D eigenvalue weighted by Gasteiger charge is -2.12. The number of pyridine rings is 1. The van der Waals surface area contributed by atoms with Crippen LogP contribution in [0.1, 0.15) is 12.6 Å². The molecule has 0 saturated heterocycles. The zero-order chi connectivity index (χ0) is 24.1. The fraction of sp³-hybridized carbons (Fsp3) is 0.292. The minimum absolute atomic E-state index is 0.457. The lowest BCUT2D eigenvalue weighted by Crippen LogP contribution is -2.12. The Hall–Kier alpha value is -3.85. The Kier molecular flexibility index (Phi) is 10.4. The number of rotatable bonds is 10. The van der Waals surface area contributed by atoms with E-state index in [9.17, 15) is 0 Å². The molecule has 2 aromatic carbocycles. The summed E-state index contributed by atoms with van der Waals surface area (Å²) in [5.74, 6) is -1.38. The second kappa shape index (κ2) is 13.5. The van der Waals surface area contributed by atoms with Gasteiger partial charge in [0.2, 0.25) is 0 Å². The number of carboxylic acids is 2. The SMILES string of the molecule is CCOc1ccccc1OCCOCCOc1cccc2ccc(C)nc12.O=C(O)C(=O)O. The second-order valence-electron chi connectivity index (χ2n) is 6.58. The predicted molar refractivity (Wildman–Crippen MR) is 121 cm³/mol. The van der Waals surface area contributed by atoms with E-state index in [1.165, 1.54) is 0 Å². The van der Waals surface area contributed by atoms with E-state index in [1.54, 1.807) is 0 Å². The van der Waals surface area contributed by atoms with Crippen molar-refractivity contribution in [3.8, 4) is 17.2 Å². The molecule has 2 N–H and O–H groups in total. The number of hydrogen-bond acceptors (Lipinski definition) is 7. The highest BCUT2D eigenvalue weighted by Gasteiger charge is 2.05. The van der Waals surface area contributed by atoms with Crippen LogP contribution in [-0.4, -0.2) is 60.2 Å². The summed E-state index contributed by atoms with van der Waals surface area (Å²) in [5.41, 5.74) is 1.85. The lowest BCUT2D eigenvalue weighted by molar-refractivity contribution is -0.159. The van der Waals surface area contributed by atoms with Crippen LogP contribution in [0.15, 0.2) is 54.6 Å². The molecule has 1 aromatic heterocycles. The van der Waals surface area contributed by atoms with E-state index in [4.69, 9.17) is 38.7 Å². The van der Waals surface area contributed by atoms with Gasteiger partial charge in [0.05, 0.1) is 19.8 Å². The topological polar surface area (TPSA) is 124 Å². The van der Waals surface area contributed by atoms with Gasteiger partial charge in [-0.15, -0.1) is 0 Å². The predicted octanol–water partition coefficient (Wildman–Crippen LogP) is 3.57. The molecule has 33 heavy (non-hydrogen) atoms. The van der Waals surface area contributed by atoms with E-state index in [1.807, 2.05) is 62.4 Å². The highest BCUT2D eigenvalue weighted by molar-refractivity contribution is 6.27. The average molecular weight is 457 g/mol. The van der Waals surface area contributed by atoms with Crippen LogP contribution in [0.3, 0.4) is 0 Å². The molecule has 0 aliphatic rings. The molecule has 0 amide bonds. The first-order valence-corrected chi connectivity index (χ1v) is 10.3. The molecule has 3 rings (SSSR count). The van der Waals surface area contributed by atoms with E-state index in [-0.39, 0.29) is 0 Å². The molecule has 0 bridgehead atoms. The fourth-order valence-corrected chi connectivity index (χ4v) is 2.70. The van der Waals surface area contributed by atoms with Crippen molar-refractivity contribution in [2.24, 2.45) is 0 Å². The molecule has 0 atom stereocenters. The van der Waals surface area contributed by atoms with Crippen molar-refractivity contribution in [3.63, 3.8) is 0 Å². The third-order valence-corrected chi connectivity index (χ3v) is 4.12. The smallest absolute Gasteiger partial charge is 0.414 e. The number of carboxylic acid groups (broad SMARTS) is 2. The quantitative estimate of drug-likeness (QED) is 0.347. The zero-order valence-electron chi connectivity index (χ0n) is 18.5. The molecule has 176 valence electrons. The van der Waals surface area contributed by atoms with Gasteiger partial charge >= 0.3 is 11.9 Å². The highest BCUT2D eigenvalue weighted by atomic mass is 16.6. The maximum atomic E-state index is 9.10. The number of aliphatic carboxylic acids is 2. The van der Waals surface area contributed by atoms with Crippen LogP contribution in [0.2, 0.25) is 0 Å². The summed E-state index contributed by atoms with van der Waals surface area (Å²) >= 11 is 0. The van der Waals surface area contributed by atoms with Crippen molar-refractivity contribution in [2.45, 2.75) is 13.8 Å². The summed E-state index contributed by atoms with van der Waals surface area (Å²) in [4.78, 5) is 22.8. The van der Waals surface area contributed by atoms with Crippen LogP contribution in [0, 0.1) is 6.92 Å². The molecule has 0 unspecified atom stereocenters. The van der Waals surface area contributed by atoms with Gasteiger partial charge < -0.3 is 29.2 Å². The molecule has 0 saturated carbocycles. The summed E-state index contributed by atoms with van der Waals surface area (Å²) in [6.45, 7) is 6.42. The van der Waals surface area contributed by atoms with E-state index in [0.29, 0.717) is 33.0 Å². The monoisotopic (exact) mass is 457 g/mol. The maximum absolute atomic E-state index is 9.10. The van der Waals surface area contributed by atoms with Crippen LogP contribution in [0.5, 0.6) is 17.2 Å². The van der Waals surface area contributed by atoms with Crippen molar-refractivity contribution >= 4 is 22.8 Å². The molecule has 1 heterocycles. The van der Waals surface area contributed by atoms with Crippen LogP contribution < -0.4 is 14.2 Å². The standard InChI is InChI=1S/C22H25NO4.C2H2O4/c1-3-25-19-8-4-5-9-20(19)26-15-13-24-14-16-27-21-10-6-7-18-12-11-17(2)23-22(18)21;3-1(4)2(5)6/h4-12H,3,13-16H2,1-2H3;(H,3,4)(H,5,6). The van der Waals surface area contributed by atoms with E-state index >= 15 is 0 Å². The molecule has 9 nitrogen and oxygen atoms in total. The molecule has 0 radical (unpaired) electrons. The van der Waals surface area contributed by atoms with Gasteiger partial charge in [0.1, 0.15) is 24.5 Å². The number of benzene rings is 2. The van der Waals surface area contributed by atoms with Crippen LogP contribution in [0.4, 0.5) is 0 Å². The Labute approximate surface area is 191 Å². The summed E-state index contributed by atoms with van der Waals surface area (Å²) in [6.07, 6.45) is 0. The van der Waals surface area contributed by atoms with Crippen molar-refractivity contribution < 1.29 is 38.7 Å². The number of carbonyl (C=O) groups is 2. The number of ether oxygens (including phenoxy) is 4. The van der Waals surface area contributed by atoms with Crippen molar-refractivity contribution in [2.75, 3.05) is 33.0 Å². The molecular weight excluding hydrogens is 430 g/mol. The Bertz CT molecular complexity index is 1040. The number of hydrogen-bond donors (Lipinski definition) is 2. The molecule has 9 heteroatoms. The van der Waals surface area contributed by atoms with Gasteiger partial charge in [-0.25, -0.2) is 14.6 Å². The van der Waals surface area contributed by atoms with Gasteiger partial charge in [-0.2, -0.15) is 0 Å². The van der Waals surface area contributed by atoms with Gasteiger partial charge in [0.25, 0.3) is 0 Å². The molecule has 0 fully saturated rings. The number of fused-ring (bicyclic) bond motifs is 1. The summed E-state index contributed by atoms with van der Waals surface area (Å²) in [5, 5.41) is 15.9. The Morgan fingerprint density at radius 2 is 1.33 bits per heavy atom. The fourth-order valence-electron chi connectivity index (χ4n) is 2.70. The van der Waals surface area contributed by atoms with Crippen molar-refractivity contribution in [3.05, 3.63) is 60.3 Å². The zero-order valence-corrected chi connectivity index (χ0v) is 18.5. The van der Waals surface area contributed by atoms with Gasteiger partial charge in [0.15, 0.2) is 11.5 Å². The lowest BCUT2D eigenvalue weighted by atomic mass is 10.2. The van der Waals surface area contributed by atoms with Gasteiger partial charge in [-0.05, 0) is 38.1 Å². The molecule has 3 aromatic rings. The maximum Gasteiger partial charge on any atom is 0.414 e. The number of nitrogens with zero attached hydrogens (tertiary/aromatic N) is 1. The largest absolute Gasteiger partial charge is 0.490 e. The molecular formula is C24H27NO8. The van der Waals surface area contributed by atoms with Crippen LogP contribution in [-0.2, 0) is 14.3 Å². The first-order chi connectivity index (χ1) is 15.9. The van der Waals surface area contributed by atoms with Crippen LogP contribution in [0.25, 0.3) is 10.9 Å². The number of aromatic nitrogens is 1. The van der Waals surface area contributed by atoms with Crippen molar-refractivity contribution in [1.82, 2.24) is 4.98 Å². The average Bonchev–Trinajstić information content (AvgIpc) is 2.80. The van der Waals surface area contributed by atoms with Gasteiger partial charge in [0, 0.05) is 11.1 Å². The van der Waals surface area contributed by atoms with E-state index in [0.717, 1.165) is 33.8 Å². The number of aryl methyl sites for hydroxylation is 1. The highest BCUT2D eigenvalue weighted by Crippen LogP contribution is 2.26. The summed E-state index contributed by atoms with van der Waals surface area (Å²) in [6, 6.07) is 17.6. The molecule has 0 aliphatic heterocycles. The number of para-hydroxylation sites is 3. The second-order valence-corrected chi connectivity index (χ2v) is 6.58.